The first-order chi connectivity index (χ1) is 6.79. The highest BCUT2D eigenvalue weighted by Crippen LogP contribution is 2.24. The molecule has 0 aliphatic heterocycles. The van der Waals surface area contributed by atoms with E-state index in [-0.39, 0.29) is 0 Å². The molecule has 2 heteroatoms. The minimum absolute atomic E-state index is 0.438. The highest BCUT2D eigenvalue weighted by atomic mass is 15.2. The Labute approximate surface area is 87.9 Å². The smallest absolute Gasteiger partial charge is 0.0638 e. The van der Waals surface area contributed by atoms with E-state index in [1.807, 2.05) is 0 Å². The van der Waals surface area contributed by atoms with Gasteiger partial charge in [-0.2, -0.15) is 5.26 Å². The first-order valence-electron chi connectivity index (χ1n) is 5.92. The lowest BCUT2D eigenvalue weighted by Gasteiger charge is -2.37. The van der Waals surface area contributed by atoms with E-state index < -0.39 is 0 Å². The summed E-state index contributed by atoms with van der Waals surface area (Å²) in [6.07, 6.45) is 7.50. The molecule has 1 aliphatic carbocycles. The lowest BCUT2D eigenvalue weighted by Crippen LogP contribution is -2.42. The molecule has 0 spiro atoms. The molecule has 1 atom stereocenters. The molecule has 80 valence electrons. The Hall–Kier alpha value is -0.550. The Morgan fingerprint density at radius 1 is 1.36 bits per heavy atom. The number of hydrogen-bond acceptors (Lipinski definition) is 2. The minimum Gasteiger partial charge on any atom is -0.297 e. The van der Waals surface area contributed by atoms with Gasteiger partial charge in [0.2, 0.25) is 0 Å². The summed E-state index contributed by atoms with van der Waals surface area (Å²) in [4.78, 5) is 2.52. The molecular weight excluding hydrogens is 172 g/mol. The highest BCUT2D eigenvalue weighted by molar-refractivity contribution is 4.84. The third-order valence-electron chi connectivity index (χ3n) is 3.36. The van der Waals surface area contributed by atoms with E-state index in [0.29, 0.717) is 12.5 Å². The fourth-order valence-corrected chi connectivity index (χ4v) is 2.59. The topological polar surface area (TPSA) is 27.0 Å². The lowest BCUT2D eigenvalue weighted by atomic mass is 9.93. The van der Waals surface area contributed by atoms with Crippen molar-refractivity contribution < 1.29 is 0 Å². The first kappa shape index (κ1) is 11.5. The van der Waals surface area contributed by atoms with Gasteiger partial charge in [0.25, 0.3) is 0 Å². The van der Waals surface area contributed by atoms with Gasteiger partial charge in [-0.15, -0.1) is 0 Å². The van der Waals surface area contributed by atoms with Crippen molar-refractivity contribution in [3.63, 3.8) is 0 Å². The molecule has 0 bridgehead atoms. The zero-order valence-electron chi connectivity index (χ0n) is 9.50. The van der Waals surface area contributed by atoms with Gasteiger partial charge in [-0.25, -0.2) is 0 Å². The summed E-state index contributed by atoms with van der Waals surface area (Å²) in [6, 6.07) is 3.47. The third kappa shape index (κ3) is 2.99. The Morgan fingerprint density at radius 3 is 2.50 bits per heavy atom. The molecule has 1 fully saturated rings. The van der Waals surface area contributed by atoms with Crippen LogP contribution in [-0.2, 0) is 0 Å². The van der Waals surface area contributed by atoms with Gasteiger partial charge >= 0.3 is 0 Å². The average Bonchev–Trinajstić information content (AvgIpc) is 2.21. The highest BCUT2D eigenvalue weighted by Gasteiger charge is 2.23. The van der Waals surface area contributed by atoms with Gasteiger partial charge in [0, 0.05) is 12.1 Å². The Balaban J connectivity index is 2.47. The third-order valence-corrected chi connectivity index (χ3v) is 3.36. The van der Waals surface area contributed by atoms with E-state index in [1.165, 1.54) is 32.1 Å². The van der Waals surface area contributed by atoms with E-state index in [1.54, 1.807) is 0 Å². The predicted octanol–water partition coefficient (Wildman–Crippen LogP) is 2.94. The molecule has 1 rings (SSSR count). The summed E-state index contributed by atoms with van der Waals surface area (Å²) in [5.74, 6) is 0. The van der Waals surface area contributed by atoms with E-state index >= 15 is 0 Å². The summed E-state index contributed by atoms with van der Waals surface area (Å²) < 4.78 is 0. The van der Waals surface area contributed by atoms with Crippen molar-refractivity contribution in [2.24, 2.45) is 0 Å². The largest absolute Gasteiger partial charge is 0.297 e. The SMILES string of the molecule is CCN(C(C)CC#N)C1CCCCC1. The second-order valence-corrected chi connectivity index (χ2v) is 4.33. The Morgan fingerprint density at radius 2 is 2.00 bits per heavy atom. The summed E-state index contributed by atoms with van der Waals surface area (Å²) >= 11 is 0. The van der Waals surface area contributed by atoms with Crippen LogP contribution in [-0.4, -0.2) is 23.5 Å². The molecule has 0 aromatic rings. The van der Waals surface area contributed by atoms with Crippen LogP contribution in [0.1, 0.15) is 52.4 Å². The molecular formula is C12H22N2. The van der Waals surface area contributed by atoms with Crippen LogP contribution in [0.25, 0.3) is 0 Å². The van der Waals surface area contributed by atoms with Gasteiger partial charge in [0.05, 0.1) is 12.5 Å². The standard InChI is InChI=1S/C12H22N2/c1-3-14(11(2)9-10-13)12-7-5-4-6-8-12/h11-12H,3-9H2,1-2H3. The van der Waals surface area contributed by atoms with E-state index in [0.717, 1.165) is 12.6 Å². The molecule has 14 heavy (non-hydrogen) atoms. The average molecular weight is 194 g/mol. The molecule has 0 aromatic carbocycles. The molecule has 0 radical (unpaired) electrons. The van der Waals surface area contributed by atoms with Crippen LogP contribution >= 0.6 is 0 Å². The lowest BCUT2D eigenvalue weighted by molar-refractivity contribution is 0.121. The maximum Gasteiger partial charge on any atom is 0.0638 e. The molecule has 2 nitrogen and oxygen atoms in total. The van der Waals surface area contributed by atoms with Crippen molar-refractivity contribution in [2.75, 3.05) is 6.54 Å². The van der Waals surface area contributed by atoms with Crippen LogP contribution < -0.4 is 0 Å². The monoisotopic (exact) mass is 194 g/mol. The quantitative estimate of drug-likeness (QED) is 0.688. The maximum absolute atomic E-state index is 8.70. The normalized spacial score (nSPS) is 20.7. The second-order valence-electron chi connectivity index (χ2n) is 4.33. The minimum atomic E-state index is 0.438. The van der Waals surface area contributed by atoms with E-state index in [4.69, 9.17) is 5.26 Å². The molecule has 0 N–H and O–H groups in total. The van der Waals surface area contributed by atoms with Crippen molar-refractivity contribution in [1.82, 2.24) is 4.90 Å². The van der Waals surface area contributed by atoms with Crippen molar-refractivity contribution in [3.8, 4) is 6.07 Å². The zero-order valence-corrected chi connectivity index (χ0v) is 9.50. The molecule has 0 amide bonds. The van der Waals surface area contributed by atoms with Gasteiger partial charge in [-0.1, -0.05) is 26.2 Å². The molecule has 1 unspecified atom stereocenters. The van der Waals surface area contributed by atoms with E-state index in [9.17, 15) is 0 Å². The number of nitriles is 1. The maximum atomic E-state index is 8.70. The molecule has 0 saturated heterocycles. The van der Waals surface area contributed by atoms with Crippen molar-refractivity contribution in [1.29, 1.82) is 5.26 Å². The van der Waals surface area contributed by atoms with Crippen molar-refractivity contribution in [3.05, 3.63) is 0 Å². The van der Waals surface area contributed by atoms with Crippen LogP contribution in [0, 0.1) is 11.3 Å². The van der Waals surface area contributed by atoms with Crippen LogP contribution in [0.3, 0.4) is 0 Å². The first-order valence-corrected chi connectivity index (χ1v) is 5.92. The fourth-order valence-electron chi connectivity index (χ4n) is 2.59. The summed E-state index contributed by atoms with van der Waals surface area (Å²) in [5.41, 5.74) is 0. The van der Waals surface area contributed by atoms with Crippen LogP contribution in [0.15, 0.2) is 0 Å². The second kappa shape index (κ2) is 6.03. The Bertz CT molecular complexity index is 189. The molecule has 1 aliphatic rings. The fraction of sp³-hybridized carbons (Fsp3) is 0.917. The number of nitrogens with zero attached hydrogens (tertiary/aromatic N) is 2. The summed E-state index contributed by atoms with van der Waals surface area (Å²) in [6.45, 7) is 5.48. The van der Waals surface area contributed by atoms with Crippen LogP contribution in [0.2, 0.25) is 0 Å². The molecule has 0 aromatic heterocycles. The zero-order chi connectivity index (χ0) is 10.4. The Kier molecular flexibility index (Phi) is 4.97. The van der Waals surface area contributed by atoms with Crippen molar-refractivity contribution in [2.45, 2.75) is 64.5 Å². The van der Waals surface area contributed by atoms with Crippen LogP contribution in [0.5, 0.6) is 0 Å². The summed E-state index contributed by atoms with van der Waals surface area (Å²) in [5, 5.41) is 8.70. The molecule has 0 heterocycles. The van der Waals surface area contributed by atoms with Crippen molar-refractivity contribution >= 4 is 0 Å². The predicted molar refractivity (Wildman–Crippen MR) is 58.9 cm³/mol. The van der Waals surface area contributed by atoms with Gasteiger partial charge in [-0.3, -0.25) is 4.90 Å². The number of hydrogen-bond donors (Lipinski definition) is 0. The molecule has 1 saturated carbocycles. The van der Waals surface area contributed by atoms with Gasteiger partial charge in [0.15, 0.2) is 0 Å². The van der Waals surface area contributed by atoms with E-state index in [2.05, 4.69) is 24.8 Å². The van der Waals surface area contributed by atoms with Gasteiger partial charge in [0.1, 0.15) is 0 Å². The van der Waals surface area contributed by atoms with Gasteiger partial charge < -0.3 is 0 Å². The number of rotatable bonds is 4. The van der Waals surface area contributed by atoms with Crippen LogP contribution in [0.4, 0.5) is 0 Å². The summed E-state index contributed by atoms with van der Waals surface area (Å²) in [7, 11) is 0. The van der Waals surface area contributed by atoms with Gasteiger partial charge in [-0.05, 0) is 26.3 Å².